The molecule has 0 radical (unpaired) electrons. The average Bonchev–Trinajstić information content (AvgIpc) is 2.61. The highest BCUT2D eigenvalue weighted by Crippen LogP contribution is 2.28. The van der Waals surface area contributed by atoms with E-state index in [0.717, 1.165) is 18.7 Å². The van der Waals surface area contributed by atoms with Crippen LogP contribution in [0, 0.1) is 0 Å². The molecule has 0 aromatic heterocycles. The Kier molecular flexibility index (Phi) is 6.25. The summed E-state index contributed by atoms with van der Waals surface area (Å²) in [5.41, 5.74) is 1.00. The fraction of sp³-hybridized carbons (Fsp3) is 0.650. The van der Waals surface area contributed by atoms with Crippen LogP contribution in [0.3, 0.4) is 0 Å². The quantitative estimate of drug-likeness (QED) is 0.847. The maximum atomic E-state index is 12.4. The summed E-state index contributed by atoms with van der Waals surface area (Å²) in [4.78, 5) is 16.9. The van der Waals surface area contributed by atoms with Crippen LogP contribution in [-0.2, 0) is 6.54 Å². The third-order valence-corrected chi connectivity index (χ3v) is 5.44. The molecule has 2 aliphatic rings. The predicted molar refractivity (Wildman–Crippen MR) is 102 cm³/mol. The molecule has 26 heavy (non-hydrogen) atoms. The highest BCUT2D eigenvalue weighted by Gasteiger charge is 2.37. The van der Waals surface area contributed by atoms with E-state index in [0.29, 0.717) is 36.7 Å². The van der Waals surface area contributed by atoms with Gasteiger partial charge < -0.3 is 19.7 Å². The fourth-order valence-corrected chi connectivity index (χ4v) is 3.88. The highest BCUT2D eigenvalue weighted by molar-refractivity contribution is 5.75. The summed E-state index contributed by atoms with van der Waals surface area (Å²) in [6.45, 7) is 8.17. The first-order valence-corrected chi connectivity index (χ1v) is 9.70. The summed E-state index contributed by atoms with van der Waals surface area (Å²) >= 11 is 0. The molecule has 1 N–H and O–H groups in total. The lowest BCUT2D eigenvalue weighted by Crippen LogP contribution is -2.64. The van der Waals surface area contributed by atoms with Gasteiger partial charge in [-0.15, -0.1) is 0 Å². The number of ether oxygens (including phenoxy) is 2. The van der Waals surface area contributed by atoms with E-state index in [1.165, 1.54) is 25.8 Å². The smallest absolute Gasteiger partial charge is 0.317 e. The first-order valence-electron chi connectivity index (χ1n) is 9.70. The minimum Gasteiger partial charge on any atom is -0.493 e. The third-order valence-electron chi connectivity index (χ3n) is 5.44. The number of piperidine rings is 1. The molecule has 0 spiro atoms. The van der Waals surface area contributed by atoms with Gasteiger partial charge in [-0.05, 0) is 50.9 Å². The van der Waals surface area contributed by atoms with Crippen LogP contribution in [0.1, 0.15) is 38.7 Å². The molecule has 0 aliphatic carbocycles. The maximum absolute atomic E-state index is 12.4. The zero-order valence-corrected chi connectivity index (χ0v) is 16.2. The fourth-order valence-electron chi connectivity index (χ4n) is 3.88. The van der Waals surface area contributed by atoms with E-state index < -0.39 is 0 Å². The van der Waals surface area contributed by atoms with E-state index in [2.05, 4.69) is 17.1 Å². The second-order valence-electron chi connectivity index (χ2n) is 7.22. The molecule has 0 bridgehead atoms. The minimum absolute atomic E-state index is 0.0136. The normalized spacial score (nSPS) is 21.2. The molecule has 2 fully saturated rings. The van der Waals surface area contributed by atoms with Crippen molar-refractivity contribution in [1.82, 2.24) is 15.1 Å². The monoisotopic (exact) mass is 361 g/mol. The second kappa shape index (κ2) is 8.62. The van der Waals surface area contributed by atoms with Gasteiger partial charge in [-0.25, -0.2) is 4.79 Å². The number of hydrogen-bond donors (Lipinski definition) is 1. The van der Waals surface area contributed by atoms with E-state index >= 15 is 0 Å². The van der Waals surface area contributed by atoms with Gasteiger partial charge in [0.05, 0.1) is 13.7 Å². The highest BCUT2D eigenvalue weighted by atomic mass is 16.5. The Morgan fingerprint density at radius 3 is 2.77 bits per heavy atom. The number of hydrogen-bond acceptors (Lipinski definition) is 4. The van der Waals surface area contributed by atoms with Crippen molar-refractivity contribution < 1.29 is 14.3 Å². The lowest BCUT2D eigenvalue weighted by atomic mass is 9.98. The van der Waals surface area contributed by atoms with E-state index in [1.54, 1.807) is 7.11 Å². The van der Waals surface area contributed by atoms with Crippen molar-refractivity contribution in [3.05, 3.63) is 23.8 Å². The molecule has 2 amide bonds. The molecular formula is C20H31N3O3. The number of nitrogens with zero attached hydrogens (tertiary/aromatic N) is 2. The summed E-state index contributed by atoms with van der Waals surface area (Å²) in [5.74, 6) is 1.42. The maximum Gasteiger partial charge on any atom is 0.317 e. The van der Waals surface area contributed by atoms with Crippen molar-refractivity contribution >= 4 is 6.03 Å². The Labute approximate surface area is 156 Å². The number of nitrogens with one attached hydrogen (secondary N) is 1. The summed E-state index contributed by atoms with van der Waals surface area (Å²) in [6, 6.07) is 6.95. The van der Waals surface area contributed by atoms with E-state index in [-0.39, 0.29) is 6.03 Å². The number of carbonyl (C=O) groups is 1. The molecule has 0 unspecified atom stereocenters. The predicted octanol–water partition coefficient (Wildman–Crippen LogP) is 2.86. The van der Waals surface area contributed by atoms with Crippen LogP contribution >= 0.6 is 0 Å². The molecule has 144 valence electrons. The largest absolute Gasteiger partial charge is 0.493 e. The van der Waals surface area contributed by atoms with Gasteiger partial charge in [-0.2, -0.15) is 0 Å². The van der Waals surface area contributed by atoms with Gasteiger partial charge in [-0.1, -0.05) is 12.5 Å². The van der Waals surface area contributed by atoms with Crippen molar-refractivity contribution in [2.45, 2.75) is 51.7 Å². The summed E-state index contributed by atoms with van der Waals surface area (Å²) in [6.07, 6.45) is 3.90. The summed E-state index contributed by atoms with van der Waals surface area (Å²) < 4.78 is 10.9. The van der Waals surface area contributed by atoms with Crippen LogP contribution in [0.15, 0.2) is 18.2 Å². The van der Waals surface area contributed by atoms with Gasteiger partial charge in [-0.3, -0.25) is 4.90 Å². The Morgan fingerprint density at radius 1 is 1.27 bits per heavy atom. The first kappa shape index (κ1) is 18.8. The number of methoxy groups -OCH3 is 1. The van der Waals surface area contributed by atoms with Crippen LogP contribution in [0.5, 0.6) is 11.5 Å². The van der Waals surface area contributed by atoms with Gasteiger partial charge in [0.15, 0.2) is 11.5 Å². The Balaban J connectivity index is 1.47. The number of benzene rings is 1. The lowest BCUT2D eigenvalue weighted by Gasteiger charge is -2.49. The SMILES string of the molecule is CCOc1cc(CNC(=O)N2CC(N3CCCC[C@@H]3C)C2)ccc1OC. The van der Waals surface area contributed by atoms with Gasteiger partial charge >= 0.3 is 6.03 Å². The number of rotatable bonds is 6. The molecule has 6 heteroatoms. The number of amides is 2. The number of carbonyl (C=O) groups excluding carboxylic acids is 1. The van der Waals surface area contributed by atoms with Crippen molar-refractivity contribution in [1.29, 1.82) is 0 Å². The van der Waals surface area contributed by atoms with Crippen LogP contribution < -0.4 is 14.8 Å². The molecule has 1 aromatic carbocycles. The Morgan fingerprint density at radius 2 is 2.08 bits per heavy atom. The molecule has 1 atom stereocenters. The van der Waals surface area contributed by atoms with Gasteiger partial charge in [0.25, 0.3) is 0 Å². The van der Waals surface area contributed by atoms with Crippen LogP contribution in [0.2, 0.25) is 0 Å². The second-order valence-corrected chi connectivity index (χ2v) is 7.22. The minimum atomic E-state index is 0.0136. The molecule has 1 aromatic rings. The van der Waals surface area contributed by atoms with Gasteiger partial charge in [0.1, 0.15) is 0 Å². The summed E-state index contributed by atoms with van der Waals surface area (Å²) in [7, 11) is 1.63. The molecule has 2 heterocycles. The zero-order valence-electron chi connectivity index (χ0n) is 16.2. The van der Waals surface area contributed by atoms with Crippen molar-refractivity contribution in [2.24, 2.45) is 0 Å². The molecule has 2 saturated heterocycles. The zero-order chi connectivity index (χ0) is 18.5. The van der Waals surface area contributed by atoms with Gasteiger partial charge in [0.2, 0.25) is 0 Å². The van der Waals surface area contributed by atoms with E-state index in [9.17, 15) is 4.79 Å². The van der Waals surface area contributed by atoms with E-state index in [1.807, 2.05) is 30.0 Å². The number of likely N-dealkylation sites (tertiary alicyclic amines) is 2. The van der Waals surface area contributed by atoms with E-state index in [4.69, 9.17) is 9.47 Å². The average molecular weight is 361 g/mol. The molecule has 6 nitrogen and oxygen atoms in total. The molecular weight excluding hydrogens is 330 g/mol. The molecule has 0 saturated carbocycles. The van der Waals surface area contributed by atoms with Crippen LogP contribution in [0.4, 0.5) is 4.79 Å². The van der Waals surface area contributed by atoms with Crippen LogP contribution in [0.25, 0.3) is 0 Å². The Hall–Kier alpha value is -1.95. The molecule has 2 aliphatic heterocycles. The van der Waals surface area contributed by atoms with Crippen molar-refractivity contribution in [3.63, 3.8) is 0 Å². The Bertz CT molecular complexity index is 616. The summed E-state index contributed by atoms with van der Waals surface area (Å²) in [5, 5.41) is 3.01. The van der Waals surface area contributed by atoms with Crippen molar-refractivity contribution in [3.8, 4) is 11.5 Å². The number of urea groups is 1. The van der Waals surface area contributed by atoms with Crippen LogP contribution in [-0.4, -0.2) is 61.3 Å². The standard InChI is InChI=1S/C20H31N3O3/c1-4-26-19-11-16(8-9-18(19)25-3)12-21-20(24)22-13-17(14-22)23-10-6-5-7-15(23)2/h8-9,11,15,17H,4-7,10,12-14H2,1-3H3,(H,21,24)/t15-/m0/s1. The van der Waals surface area contributed by atoms with Gasteiger partial charge in [0, 0.05) is 31.7 Å². The topological polar surface area (TPSA) is 54.0 Å². The third kappa shape index (κ3) is 4.23. The first-order chi connectivity index (χ1) is 12.6. The lowest BCUT2D eigenvalue weighted by molar-refractivity contribution is 0.0169. The van der Waals surface area contributed by atoms with Crippen molar-refractivity contribution in [2.75, 3.05) is 33.4 Å². The molecule has 3 rings (SSSR count).